The van der Waals surface area contributed by atoms with Crippen LogP contribution in [0.1, 0.15) is 30.5 Å². The van der Waals surface area contributed by atoms with Crippen molar-refractivity contribution < 1.29 is 19.7 Å². The molecular weight excluding hydrogens is 478 g/mol. The fraction of sp³-hybridized carbons (Fsp3) is 0.346. The molecule has 9 nitrogen and oxygen atoms in total. The van der Waals surface area contributed by atoms with Crippen molar-refractivity contribution in [3.05, 3.63) is 53.7 Å². The maximum absolute atomic E-state index is 11.1. The monoisotopic (exact) mass is 507 g/mol. The van der Waals surface area contributed by atoms with Crippen molar-refractivity contribution in [3.63, 3.8) is 0 Å². The predicted molar refractivity (Wildman–Crippen MR) is 141 cm³/mol. The highest BCUT2D eigenvalue weighted by Crippen LogP contribution is 2.39. The van der Waals surface area contributed by atoms with Gasteiger partial charge in [0, 0.05) is 12.6 Å². The second-order valence-corrected chi connectivity index (χ2v) is 9.91. The number of aliphatic hydroxyl groups excluding tert-OH is 1. The largest absolute Gasteiger partial charge is 0.497 e. The van der Waals surface area contributed by atoms with E-state index in [1.54, 1.807) is 14.2 Å². The number of fused-ring (bicyclic) bond motifs is 1. The van der Waals surface area contributed by atoms with Gasteiger partial charge in [0.2, 0.25) is 5.95 Å². The Morgan fingerprint density at radius 2 is 1.83 bits per heavy atom. The highest BCUT2D eigenvalue weighted by molar-refractivity contribution is 7.21. The molecule has 2 aromatic heterocycles. The number of hydrogen-bond donors (Lipinski definition) is 4. The summed E-state index contributed by atoms with van der Waals surface area (Å²) < 4.78 is 11.8. The van der Waals surface area contributed by atoms with Crippen LogP contribution in [0, 0.1) is 6.92 Å². The lowest BCUT2D eigenvalue weighted by molar-refractivity contribution is -0.0310. The molecule has 5 rings (SSSR count). The summed E-state index contributed by atoms with van der Waals surface area (Å²) in [4.78, 5) is 14.2. The van der Waals surface area contributed by atoms with Gasteiger partial charge < -0.3 is 30.3 Å². The molecule has 0 bridgehead atoms. The summed E-state index contributed by atoms with van der Waals surface area (Å²) >= 11 is 1.54. The number of aliphatic hydroxyl groups is 2. The third-order valence-electron chi connectivity index (χ3n) is 6.38. The fourth-order valence-corrected chi connectivity index (χ4v) is 5.51. The standard InChI is InChI=1S/C26H29N5O4S/c1-15-22(24-29-19-7-4-5-8-20(19)36-24)23(31-26(33)10-6-9-21(26)32)30-25(28-15)27-14-16-11-17(34-2)13-18(12-16)35-3/h4-5,7-8,11-13,21,32-33H,6,9-10,14H2,1-3H3,(H2,27,28,30,31)/t21-,26+/m1/s1. The third-order valence-corrected chi connectivity index (χ3v) is 7.44. The maximum Gasteiger partial charge on any atom is 0.225 e. The number of thiazole rings is 1. The van der Waals surface area contributed by atoms with Gasteiger partial charge in [0.1, 0.15) is 28.4 Å². The molecule has 0 unspecified atom stereocenters. The number of aromatic nitrogens is 3. The number of ether oxygens (including phenoxy) is 2. The molecule has 2 aromatic carbocycles. The number of anilines is 2. The van der Waals surface area contributed by atoms with Gasteiger partial charge in [-0.05, 0) is 56.0 Å². The predicted octanol–water partition coefficient (Wildman–Crippen LogP) is 4.34. The Balaban J connectivity index is 1.51. The SMILES string of the molecule is COc1cc(CNc2nc(C)c(-c3nc4ccccc4s3)c(N[C@]3(O)CCC[C@H]3O)n2)cc(OC)c1. The van der Waals surface area contributed by atoms with Crippen LogP contribution in [-0.2, 0) is 6.54 Å². The average Bonchev–Trinajstić information content (AvgIpc) is 3.44. The Morgan fingerprint density at radius 1 is 1.08 bits per heavy atom. The van der Waals surface area contributed by atoms with Gasteiger partial charge in [0.25, 0.3) is 0 Å². The number of nitrogens with one attached hydrogen (secondary N) is 2. The number of methoxy groups -OCH3 is 2. The molecule has 1 aliphatic carbocycles. The van der Waals surface area contributed by atoms with Gasteiger partial charge in [-0.3, -0.25) is 0 Å². The van der Waals surface area contributed by atoms with Crippen LogP contribution < -0.4 is 20.1 Å². The zero-order valence-electron chi connectivity index (χ0n) is 20.4. The second-order valence-electron chi connectivity index (χ2n) is 8.87. The van der Waals surface area contributed by atoms with Crippen LogP contribution in [0.3, 0.4) is 0 Å². The van der Waals surface area contributed by atoms with Gasteiger partial charge >= 0.3 is 0 Å². The molecule has 4 N–H and O–H groups in total. The zero-order valence-corrected chi connectivity index (χ0v) is 21.2. The van der Waals surface area contributed by atoms with Crippen LogP contribution in [0.5, 0.6) is 11.5 Å². The van der Waals surface area contributed by atoms with Crippen molar-refractivity contribution in [2.45, 2.75) is 44.6 Å². The van der Waals surface area contributed by atoms with Crippen LogP contribution in [0.15, 0.2) is 42.5 Å². The molecule has 0 aliphatic heterocycles. The molecule has 1 fully saturated rings. The first-order valence-corrected chi connectivity index (χ1v) is 12.6. The molecular formula is C26H29N5O4S. The molecule has 10 heteroatoms. The smallest absolute Gasteiger partial charge is 0.225 e. The molecule has 1 aliphatic rings. The molecule has 2 atom stereocenters. The Hall–Kier alpha value is -3.47. The quantitative estimate of drug-likeness (QED) is 0.258. The van der Waals surface area contributed by atoms with Gasteiger partial charge in [-0.2, -0.15) is 4.98 Å². The summed E-state index contributed by atoms with van der Waals surface area (Å²) in [6.45, 7) is 2.32. The number of benzene rings is 2. The Morgan fingerprint density at radius 3 is 2.50 bits per heavy atom. The van der Waals surface area contributed by atoms with Crippen molar-refractivity contribution in [2.75, 3.05) is 24.9 Å². The van der Waals surface area contributed by atoms with E-state index in [9.17, 15) is 10.2 Å². The molecule has 36 heavy (non-hydrogen) atoms. The van der Waals surface area contributed by atoms with Crippen molar-refractivity contribution in [3.8, 4) is 22.1 Å². The van der Waals surface area contributed by atoms with Crippen LogP contribution in [0.4, 0.5) is 11.8 Å². The van der Waals surface area contributed by atoms with Gasteiger partial charge in [-0.25, -0.2) is 9.97 Å². The molecule has 4 aromatic rings. The van der Waals surface area contributed by atoms with Gasteiger partial charge in [0.05, 0.1) is 35.7 Å². The van der Waals surface area contributed by atoms with Gasteiger partial charge in [-0.1, -0.05) is 12.1 Å². The molecule has 0 radical (unpaired) electrons. The highest BCUT2D eigenvalue weighted by Gasteiger charge is 2.41. The number of rotatable bonds is 8. The van der Waals surface area contributed by atoms with Gasteiger partial charge in [0.15, 0.2) is 5.72 Å². The minimum Gasteiger partial charge on any atom is -0.497 e. The topological polar surface area (TPSA) is 122 Å². The second kappa shape index (κ2) is 9.88. The van der Waals surface area contributed by atoms with Crippen molar-refractivity contribution in [1.82, 2.24) is 15.0 Å². The molecule has 0 saturated heterocycles. The van der Waals surface area contributed by atoms with E-state index in [0.717, 1.165) is 20.8 Å². The van der Waals surface area contributed by atoms with Crippen molar-refractivity contribution >= 4 is 33.3 Å². The fourth-order valence-electron chi connectivity index (χ4n) is 4.45. The minimum atomic E-state index is -1.47. The van der Waals surface area contributed by atoms with Crippen LogP contribution in [0.2, 0.25) is 0 Å². The van der Waals surface area contributed by atoms with E-state index in [1.807, 2.05) is 49.4 Å². The first kappa shape index (κ1) is 24.2. The Kier molecular flexibility index (Phi) is 6.65. The van der Waals surface area contributed by atoms with E-state index < -0.39 is 11.8 Å². The molecule has 188 valence electrons. The summed E-state index contributed by atoms with van der Waals surface area (Å²) in [5, 5.41) is 28.8. The molecule has 2 heterocycles. The van der Waals surface area contributed by atoms with E-state index in [4.69, 9.17) is 24.4 Å². The zero-order chi connectivity index (χ0) is 25.3. The minimum absolute atomic E-state index is 0.387. The lowest BCUT2D eigenvalue weighted by Crippen LogP contribution is -2.45. The summed E-state index contributed by atoms with van der Waals surface area (Å²) in [5.74, 6) is 2.19. The van der Waals surface area contributed by atoms with E-state index in [2.05, 4.69) is 10.6 Å². The molecule has 0 spiro atoms. The van der Waals surface area contributed by atoms with Crippen molar-refractivity contribution in [1.29, 1.82) is 0 Å². The number of aryl methyl sites for hydroxylation is 1. The van der Waals surface area contributed by atoms with E-state index in [-0.39, 0.29) is 0 Å². The lowest BCUT2D eigenvalue weighted by atomic mass is 10.1. The summed E-state index contributed by atoms with van der Waals surface area (Å²) in [7, 11) is 3.22. The number of para-hydroxylation sites is 1. The maximum atomic E-state index is 11.1. The number of nitrogens with zero attached hydrogens (tertiary/aromatic N) is 3. The Bertz CT molecular complexity index is 1340. The third kappa shape index (κ3) is 4.79. The summed E-state index contributed by atoms with van der Waals surface area (Å²) in [5.41, 5.74) is 1.76. The van der Waals surface area contributed by atoms with Crippen molar-refractivity contribution in [2.24, 2.45) is 0 Å². The highest BCUT2D eigenvalue weighted by atomic mass is 32.1. The van der Waals surface area contributed by atoms with E-state index >= 15 is 0 Å². The van der Waals surface area contributed by atoms with Crippen LogP contribution >= 0.6 is 11.3 Å². The van der Waals surface area contributed by atoms with E-state index in [0.29, 0.717) is 60.3 Å². The summed E-state index contributed by atoms with van der Waals surface area (Å²) in [6, 6.07) is 13.5. The first-order valence-electron chi connectivity index (χ1n) is 11.8. The molecule has 1 saturated carbocycles. The average molecular weight is 508 g/mol. The van der Waals surface area contributed by atoms with Crippen LogP contribution in [0.25, 0.3) is 20.8 Å². The van der Waals surface area contributed by atoms with Gasteiger partial charge in [-0.15, -0.1) is 11.3 Å². The Labute approximate surface area is 213 Å². The first-order chi connectivity index (χ1) is 17.4. The number of hydrogen-bond acceptors (Lipinski definition) is 10. The van der Waals surface area contributed by atoms with Crippen LogP contribution in [-0.4, -0.2) is 51.2 Å². The lowest BCUT2D eigenvalue weighted by Gasteiger charge is -2.29. The normalized spacial score (nSPS) is 19.4. The van der Waals surface area contributed by atoms with E-state index in [1.165, 1.54) is 11.3 Å². The summed E-state index contributed by atoms with van der Waals surface area (Å²) in [6.07, 6.45) is 0.764. The molecule has 0 amide bonds.